The highest BCUT2D eigenvalue weighted by atomic mass is 35.5. The van der Waals surface area contributed by atoms with Crippen LogP contribution < -0.4 is 10.2 Å². The number of nitro benzene ring substituents is 1. The minimum Gasteiger partial charge on any atom is -0.462 e. The molecule has 9 nitrogen and oxygen atoms in total. The molecule has 0 unspecified atom stereocenters. The molecule has 0 bridgehead atoms. The van der Waals surface area contributed by atoms with Crippen LogP contribution in [0.25, 0.3) is 0 Å². The van der Waals surface area contributed by atoms with Crippen LogP contribution in [0.4, 0.5) is 11.4 Å². The number of carbonyl (C=O) groups is 2. The lowest BCUT2D eigenvalue weighted by molar-refractivity contribution is -0.384. The summed E-state index contributed by atoms with van der Waals surface area (Å²) in [5.41, 5.74) is 0.669. The molecule has 0 aliphatic carbocycles. The van der Waals surface area contributed by atoms with Gasteiger partial charge in [0.1, 0.15) is 5.69 Å². The van der Waals surface area contributed by atoms with E-state index in [1.54, 1.807) is 24.0 Å². The SMILES string of the molecule is CCOC(=O)c1ccc(N2CCN(C(=S)NC(=O)c3ccc(Cl)c(Cl)c3)CC2)c([N+](=O)[O-])c1. The molecule has 0 atom stereocenters. The van der Waals surface area contributed by atoms with Crippen LogP contribution in [0.3, 0.4) is 0 Å². The fraction of sp³-hybridized carbons (Fsp3) is 0.286. The molecule has 3 rings (SSSR count). The van der Waals surface area contributed by atoms with E-state index in [1.807, 2.05) is 4.90 Å². The lowest BCUT2D eigenvalue weighted by Gasteiger charge is -2.37. The molecule has 1 saturated heterocycles. The van der Waals surface area contributed by atoms with Crippen molar-refractivity contribution in [3.8, 4) is 0 Å². The third-order valence-corrected chi connectivity index (χ3v) is 6.09. The van der Waals surface area contributed by atoms with Gasteiger partial charge in [0.2, 0.25) is 0 Å². The first kappa shape index (κ1) is 24.7. The van der Waals surface area contributed by atoms with E-state index in [4.69, 9.17) is 40.2 Å². The summed E-state index contributed by atoms with van der Waals surface area (Å²) in [4.78, 5) is 39.1. The number of hydrogen-bond acceptors (Lipinski definition) is 7. The summed E-state index contributed by atoms with van der Waals surface area (Å²) in [6.07, 6.45) is 0. The molecule has 0 radical (unpaired) electrons. The molecule has 174 valence electrons. The molecule has 12 heteroatoms. The molecular formula is C21H20Cl2N4O5S. The first-order valence-corrected chi connectivity index (χ1v) is 11.1. The zero-order valence-electron chi connectivity index (χ0n) is 17.5. The van der Waals surface area contributed by atoms with E-state index in [9.17, 15) is 19.7 Å². The predicted octanol–water partition coefficient (Wildman–Crippen LogP) is 3.92. The number of ether oxygens (including phenoxy) is 1. The number of anilines is 1. The molecule has 0 saturated carbocycles. The first-order valence-electron chi connectivity index (χ1n) is 9.97. The van der Waals surface area contributed by atoms with Gasteiger partial charge >= 0.3 is 5.97 Å². The van der Waals surface area contributed by atoms with Crippen LogP contribution in [0.15, 0.2) is 36.4 Å². The van der Waals surface area contributed by atoms with Crippen molar-refractivity contribution in [3.05, 3.63) is 67.7 Å². The molecule has 0 aromatic heterocycles. The predicted molar refractivity (Wildman–Crippen MR) is 129 cm³/mol. The number of benzene rings is 2. The monoisotopic (exact) mass is 510 g/mol. The van der Waals surface area contributed by atoms with E-state index >= 15 is 0 Å². The molecule has 2 aromatic carbocycles. The Hall–Kier alpha value is -2.95. The molecule has 1 aliphatic heterocycles. The van der Waals surface area contributed by atoms with E-state index in [2.05, 4.69) is 5.32 Å². The Balaban J connectivity index is 1.64. The number of nitrogens with zero attached hydrogens (tertiary/aromatic N) is 3. The topological polar surface area (TPSA) is 105 Å². The van der Waals surface area contributed by atoms with Crippen LogP contribution in [-0.4, -0.2) is 59.6 Å². The van der Waals surface area contributed by atoms with Gasteiger partial charge < -0.3 is 14.5 Å². The van der Waals surface area contributed by atoms with Crippen molar-refractivity contribution in [2.45, 2.75) is 6.92 Å². The molecule has 1 fully saturated rings. The summed E-state index contributed by atoms with van der Waals surface area (Å²) >= 11 is 17.2. The molecule has 1 N–H and O–H groups in total. The Morgan fingerprint density at radius 2 is 1.76 bits per heavy atom. The Labute approximate surface area is 205 Å². The molecular weight excluding hydrogens is 491 g/mol. The van der Waals surface area contributed by atoms with E-state index in [0.29, 0.717) is 42.5 Å². The number of nitrogens with one attached hydrogen (secondary N) is 1. The maximum absolute atomic E-state index is 12.5. The average Bonchev–Trinajstić information content (AvgIpc) is 2.80. The lowest BCUT2D eigenvalue weighted by Crippen LogP contribution is -2.52. The number of rotatable bonds is 5. The van der Waals surface area contributed by atoms with E-state index in [-0.39, 0.29) is 28.0 Å². The maximum atomic E-state index is 12.5. The molecule has 2 aromatic rings. The standard InChI is InChI=1S/C21H20Cl2N4O5S/c1-2-32-20(29)14-4-6-17(18(12-14)27(30)31)25-7-9-26(10-8-25)21(33)24-19(28)13-3-5-15(22)16(23)11-13/h3-6,11-12H,2,7-10H2,1H3,(H,24,28,33). The van der Waals surface area contributed by atoms with E-state index in [1.165, 1.54) is 24.3 Å². The highest BCUT2D eigenvalue weighted by Gasteiger charge is 2.26. The van der Waals surface area contributed by atoms with Gasteiger partial charge in [-0.1, -0.05) is 23.2 Å². The molecule has 1 heterocycles. The number of thiocarbonyl (C=S) groups is 1. The second-order valence-electron chi connectivity index (χ2n) is 7.04. The summed E-state index contributed by atoms with van der Waals surface area (Å²) in [6.45, 7) is 3.59. The number of esters is 1. The maximum Gasteiger partial charge on any atom is 0.338 e. The number of carbonyl (C=O) groups excluding carboxylic acids is 2. The second-order valence-corrected chi connectivity index (χ2v) is 8.24. The van der Waals surface area contributed by atoms with Crippen molar-refractivity contribution < 1.29 is 19.2 Å². The Kier molecular flexibility index (Phi) is 8.06. The van der Waals surface area contributed by atoms with Crippen LogP contribution in [0, 0.1) is 10.1 Å². The third-order valence-electron chi connectivity index (χ3n) is 4.99. The van der Waals surface area contributed by atoms with Crippen molar-refractivity contribution in [2.24, 2.45) is 0 Å². The van der Waals surface area contributed by atoms with Crippen LogP contribution >= 0.6 is 35.4 Å². The fourth-order valence-electron chi connectivity index (χ4n) is 3.31. The van der Waals surface area contributed by atoms with Gasteiger partial charge in [0.25, 0.3) is 11.6 Å². The third kappa shape index (κ3) is 5.89. The number of halogens is 2. The molecule has 33 heavy (non-hydrogen) atoms. The van der Waals surface area contributed by atoms with Crippen LogP contribution in [-0.2, 0) is 4.74 Å². The van der Waals surface area contributed by atoms with Gasteiger partial charge in [0.15, 0.2) is 5.11 Å². The second kappa shape index (κ2) is 10.8. The summed E-state index contributed by atoms with van der Waals surface area (Å²) < 4.78 is 4.92. The van der Waals surface area contributed by atoms with Gasteiger partial charge in [-0.3, -0.25) is 20.2 Å². The first-order chi connectivity index (χ1) is 15.7. The summed E-state index contributed by atoms with van der Waals surface area (Å²) in [7, 11) is 0. The Morgan fingerprint density at radius 1 is 1.09 bits per heavy atom. The van der Waals surface area contributed by atoms with Gasteiger partial charge in [-0.05, 0) is 49.5 Å². The molecule has 1 aliphatic rings. The largest absolute Gasteiger partial charge is 0.462 e. The lowest BCUT2D eigenvalue weighted by atomic mass is 10.1. The zero-order chi connectivity index (χ0) is 24.1. The van der Waals surface area contributed by atoms with Crippen molar-refractivity contribution in [1.82, 2.24) is 10.2 Å². The van der Waals surface area contributed by atoms with Gasteiger partial charge in [0, 0.05) is 37.8 Å². The quantitative estimate of drug-likeness (QED) is 0.279. The van der Waals surface area contributed by atoms with Crippen LogP contribution in [0.5, 0.6) is 0 Å². The van der Waals surface area contributed by atoms with Gasteiger partial charge in [-0.25, -0.2) is 4.79 Å². The van der Waals surface area contributed by atoms with Crippen LogP contribution in [0.2, 0.25) is 10.0 Å². The Bertz CT molecular complexity index is 1110. The van der Waals surface area contributed by atoms with Gasteiger partial charge in [-0.15, -0.1) is 0 Å². The molecule has 0 spiro atoms. The number of nitro groups is 1. The van der Waals surface area contributed by atoms with Gasteiger partial charge in [0.05, 0.1) is 27.1 Å². The average molecular weight is 511 g/mol. The van der Waals surface area contributed by atoms with Crippen molar-refractivity contribution in [3.63, 3.8) is 0 Å². The van der Waals surface area contributed by atoms with E-state index in [0.717, 1.165) is 0 Å². The normalized spacial score (nSPS) is 13.4. The summed E-state index contributed by atoms with van der Waals surface area (Å²) in [5, 5.41) is 15.1. The number of piperazine rings is 1. The van der Waals surface area contributed by atoms with Crippen molar-refractivity contribution in [2.75, 3.05) is 37.7 Å². The molecule has 1 amide bonds. The minimum absolute atomic E-state index is 0.122. The van der Waals surface area contributed by atoms with Gasteiger partial charge in [-0.2, -0.15) is 0 Å². The zero-order valence-corrected chi connectivity index (χ0v) is 19.9. The minimum atomic E-state index is -0.611. The van der Waals surface area contributed by atoms with Crippen molar-refractivity contribution in [1.29, 1.82) is 0 Å². The van der Waals surface area contributed by atoms with E-state index < -0.39 is 16.8 Å². The van der Waals surface area contributed by atoms with Crippen molar-refractivity contribution >= 4 is 63.8 Å². The number of amides is 1. The number of hydrogen-bond donors (Lipinski definition) is 1. The Morgan fingerprint density at radius 3 is 2.36 bits per heavy atom. The highest BCUT2D eigenvalue weighted by Crippen LogP contribution is 2.30. The van der Waals surface area contributed by atoms with Crippen LogP contribution in [0.1, 0.15) is 27.6 Å². The smallest absolute Gasteiger partial charge is 0.338 e. The fourth-order valence-corrected chi connectivity index (χ4v) is 3.89. The highest BCUT2D eigenvalue weighted by molar-refractivity contribution is 7.80. The summed E-state index contributed by atoms with van der Waals surface area (Å²) in [5.74, 6) is -1.02. The summed E-state index contributed by atoms with van der Waals surface area (Å²) in [6, 6.07) is 8.81.